The zero-order valence-corrected chi connectivity index (χ0v) is 13.7. The Bertz CT molecular complexity index is 498. The Kier molecular flexibility index (Phi) is 6.59. The summed E-state index contributed by atoms with van der Waals surface area (Å²) in [6, 6.07) is 3.81. The lowest BCUT2D eigenvalue weighted by Gasteiger charge is -2.33. The average Bonchev–Trinajstić information content (AvgIpc) is 2.54. The summed E-state index contributed by atoms with van der Waals surface area (Å²) >= 11 is 0. The fourth-order valence-electron chi connectivity index (χ4n) is 2.91. The Morgan fingerprint density at radius 2 is 2.41 bits per heavy atom. The van der Waals surface area contributed by atoms with Crippen LogP contribution in [0.15, 0.2) is 36.2 Å². The van der Waals surface area contributed by atoms with Crippen molar-refractivity contribution in [3.63, 3.8) is 0 Å². The zero-order valence-electron chi connectivity index (χ0n) is 13.7. The van der Waals surface area contributed by atoms with E-state index >= 15 is 0 Å². The monoisotopic (exact) mass is 301 g/mol. The Labute approximate surface area is 133 Å². The van der Waals surface area contributed by atoms with Gasteiger partial charge in [-0.3, -0.25) is 14.7 Å². The molecular weight excluding hydrogens is 274 g/mol. The molecule has 0 radical (unpaired) electrons. The number of nitrogens with one attached hydrogen (secondary N) is 1. The lowest BCUT2D eigenvalue weighted by Crippen LogP contribution is -2.41. The second-order valence-electron chi connectivity index (χ2n) is 6.22. The van der Waals surface area contributed by atoms with Crippen LogP contribution >= 0.6 is 0 Å². The van der Waals surface area contributed by atoms with Gasteiger partial charge in [0.2, 0.25) is 5.91 Å². The van der Waals surface area contributed by atoms with Crippen molar-refractivity contribution in [1.29, 1.82) is 0 Å². The van der Waals surface area contributed by atoms with Crippen molar-refractivity contribution in [1.82, 2.24) is 15.2 Å². The second kappa shape index (κ2) is 8.69. The quantitative estimate of drug-likeness (QED) is 0.821. The molecule has 1 fully saturated rings. The fourth-order valence-corrected chi connectivity index (χ4v) is 2.91. The summed E-state index contributed by atoms with van der Waals surface area (Å²) < 4.78 is 0. The molecule has 4 heteroatoms. The van der Waals surface area contributed by atoms with E-state index in [0.29, 0.717) is 12.3 Å². The molecule has 1 N–H and O–H groups in total. The van der Waals surface area contributed by atoms with Gasteiger partial charge in [0.1, 0.15) is 0 Å². The van der Waals surface area contributed by atoms with Gasteiger partial charge in [-0.1, -0.05) is 17.7 Å². The van der Waals surface area contributed by atoms with E-state index in [-0.39, 0.29) is 5.91 Å². The lowest BCUT2D eigenvalue weighted by molar-refractivity contribution is -0.120. The van der Waals surface area contributed by atoms with E-state index in [0.717, 1.165) is 25.2 Å². The normalized spacial score (nSPS) is 19.9. The third kappa shape index (κ3) is 5.60. The number of hydrogen-bond acceptors (Lipinski definition) is 3. The molecular formula is C18H27N3O. The largest absolute Gasteiger partial charge is 0.355 e. The summed E-state index contributed by atoms with van der Waals surface area (Å²) in [6.07, 6.45) is 8.51. The topological polar surface area (TPSA) is 45.2 Å². The maximum Gasteiger partial charge on any atom is 0.224 e. The molecule has 1 saturated heterocycles. The van der Waals surface area contributed by atoms with Crippen molar-refractivity contribution < 1.29 is 4.79 Å². The maximum atomic E-state index is 12.0. The number of likely N-dealkylation sites (tertiary alicyclic amines) is 1. The van der Waals surface area contributed by atoms with Gasteiger partial charge in [-0.25, -0.2) is 0 Å². The third-order valence-electron chi connectivity index (χ3n) is 4.24. The first-order valence-electron chi connectivity index (χ1n) is 8.17. The smallest absolute Gasteiger partial charge is 0.224 e. The van der Waals surface area contributed by atoms with Gasteiger partial charge in [0.25, 0.3) is 0 Å². The molecule has 0 saturated carbocycles. The van der Waals surface area contributed by atoms with Crippen molar-refractivity contribution in [3.05, 3.63) is 41.7 Å². The number of aromatic nitrogens is 1. The number of hydrogen-bond donors (Lipinski definition) is 1. The summed E-state index contributed by atoms with van der Waals surface area (Å²) in [5.41, 5.74) is 2.38. The van der Waals surface area contributed by atoms with Crippen LogP contribution in [-0.4, -0.2) is 42.0 Å². The van der Waals surface area contributed by atoms with Crippen molar-refractivity contribution in [2.75, 3.05) is 26.2 Å². The van der Waals surface area contributed by atoms with Crippen LogP contribution in [0.2, 0.25) is 0 Å². The summed E-state index contributed by atoms with van der Waals surface area (Å²) in [6.45, 7) is 8.36. The minimum Gasteiger partial charge on any atom is -0.355 e. The van der Waals surface area contributed by atoms with E-state index in [1.165, 1.54) is 25.0 Å². The van der Waals surface area contributed by atoms with Gasteiger partial charge in [0, 0.05) is 32.0 Å². The number of carbonyl (C=O) groups excluding carboxylic acids is 1. The molecule has 2 rings (SSSR count). The van der Waals surface area contributed by atoms with Gasteiger partial charge in [-0.05, 0) is 50.8 Å². The van der Waals surface area contributed by atoms with Gasteiger partial charge in [-0.15, -0.1) is 0 Å². The van der Waals surface area contributed by atoms with Crippen LogP contribution in [-0.2, 0) is 11.2 Å². The minimum absolute atomic E-state index is 0.0924. The number of piperidine rings is 1. The van der Waals surface area contributed by atoms with Crippen LogP contribution in [0.1, 0.15) is 32.3 Å². The van der Waals surface area contributed by atoms with Gasteiger partial charge in [0.05, 0.1) is 6.42 Å². The molecule has 1 amide bonds. The number of carbonyl (C=O) groups is 1. The summed E-state index contributed by atoms with van der Waals surface area (Å²) in [5, 5.41) is 3.08. The Morgan fingerprint density at radius 1 is 1.55 bits per heavy atom. The molecule has 1 aliphatic heterocycles. The highest BCUT2D eigenvalue weighted by atomic mass is 16.1. The van der Waals surface area contributed by atoms with E-state index in [1.807, 2.05) is 12.1 Å². The van der Waals surface area contributed by atoms with Crippen LogP contribution in [0.4, 0.5) is 0 Å². The fraction of sp³-hybridized carbons (Fsp3) is 0.556. The van der Waals surface area contributed by atoms with Gasteiger partial charge in [0.15, 0.2) is 0 Å². The molecule has 4 nitrogen and oxygen atoms in total. The lowest BCUT2D eigenvalue weighted by atomic mass is 9.97. The molecule has 120 valence electrons. The van der Waals surface area contributed by atoms with Crippen molar-refractivity contribution in [2.24, 2.45) is 5.92 Å². The molecule has 0 bridgehead atoms. The van der Waals surface area contributed by atoms with Crippen molar-refractivity contribution >= 4 is 5.91 Å². The molecule has 22 heavy (non-hydrogen) atoms. The SMILES string of the molecule is C/C=C(\C)CN1CCCC(CNC(=O)Cc2cccnc2)C1. The highest BCUT2D eigenvalue weighted by molar-refractivity contribution is 5.78. The second-order valence-corrected chi connectivity index (χ2v) is 6.22. The van der Waals surface area contributed by atoms with E-state index in [1.54, 1.807) is 12.4 Å². The van der Waals surface area contributed by atoms with E-state index in [2.05, 4.69) is 35.1 Å². The maximum absolute atomic E-state index is 12.0. The first-order chi connectivity index (χ1) is 10.7. The first-order valence-corrected chi connectivity index (χ1v) is 8.17. The van der Waals surface area contributed by atoms with Gasteiger partial charge < -0.3 is 5.32 Å². The molecule has 1 unspecified atom stereocenters. The van der Waals surface area contributed by atoms with Crippen LogP contribution in [0.25, 0.3) is 0 Å². The summed E-state index contributed by atoms with van der Waals surface area (Å²) in [7, 11) is 0. The summed E-state index contributed by atoms with van der Waals surface area (Å²) in [4.78, 5) is 18.5. The molecule has 1 aromatic heterocycles. The predicted octanol–water partition coefficient (Wildman–Crippen LogP) is 2.42. The summed E-state index contributed by atoms with van der Waals surface area (Å²) in [5.74, 6) is 0.658. The molecule has 1 aliphatic rings. The molecule has 0 aliphatic carbocycles. The average molecular weight is 301 g/mol. The van der Waals surface area contributed by atoms with Gasteiger partial charge in [-0.2, -0.15) is 0 Å². The van der Waals surface area contributed by atoms with Gasteiger partial charge >= 0.3 is 0 Å². The number of rotatable bonds is 6. The minimum atomic E-state index is 0.0924. The number of allylic oxidation sites excluding steroid dienone is 1. The number of nitrogens with zero attached hydrogens (tertiary/aromatic N) is 2. The zero-order chi connectivity index (χ0) is 15.8. The number of pyridine rings is 1. The Morgan fingerprint density at radius 3 is 3.14 bits per heavy atom. The van der Waals surface area contributed by atoms with E-state index < -0.39 is 0 Å². The molecule has 1 atom stereocenters. The predicted molar refractivity (Wildman–Crippen MR) is 89.5 cm³/mol. The highest BCUT2D eigenvalue weighted by Gasteiger charge is 2.20. The van der Waals surface area contributed by atoms with Crippen LogP contribution in [0.3, 0.4) is 0 Å². The molecule has 1 aromatic rings. The number of amides is 1. The third-order valence-corrected chi connectivity index (χ3v) is 4.24. The Balaban J connectivity index is 1.73. The van der Waals surface area contributed by atoms with Crippen LogP contribution in [0.5, 0.6) is 0 Å². The van der Waals surface area contributed by atoms with E-state index in [9.17, 15) is 4.79 Å². The van der Waals surface area contributed by atoms with Crippen molar-refractivity contribution in [3.8, 4) is 0 Å². The molecule has 2 heterocycles. The standard InChI is InChI=1S/C18H27N3O/c1-3-15(2)13-21-9-5-7-17(14-21)12-20-18(22)10-16-6-4-8-19-11-16/h3-4,6,8,11,17H,5,7,9-10,12-14H2,1-2H3,(H,20,22)/b15-3+. The highest BCUT2D eigenvalue weighted by Crippen LogP contribution is 2.16. The van der Waals surface area contributed by atoms with Crippen LogP contribution in [0, 0.1) is 5.92 Å². The van der Waals surface area contributed by atoms with Crippen LogP contribution < -0.4 is 5.32 Å². The first kappa shape index (κ1) is 16.7. The molecule has 0 spiro atoms. The molecule has 0 aromatic carbocycles. The van der Waals surface area contributed by atoms with E-state index in [4.69, 9.17) is 0 Å². The Hall–Kier alpha value is -1.68. The van der Waals surface area contributed by atoms with Crippen molar-refractivity contribution in [2.45, 2.75) is 33.1 Å².